The second-order valence-electron chi connectivity index (χ2n) is 7.21. The average Bonchev–Trinajstić information content (AvgIpc) is 2.71. The molecule has 0 aromatic heterocycles. The van der Waals surface area contributed by atoms with E-state index in [1.54, 1.807) is 0 Å². The molecule has 1 saturated carbocycles. The van der Waals surface area contributed by atoms with Crippen molar-refractivity contribution < 1.29 is 24.2 Å². The van der Waals surface area contributed by atoms with Crippen molar-refractivity contribution in [2.45, 2.75) is 65.3 Å². The van der Waals surface area contributed by atoms with Crippen LogP contribution in [0.25, 0.3) is 0 Å². The highest BCUT2D eigenvalue weighted by Crippen LogP contribution is 2.56. The highest BCUT2D eigenvalue weighted by molar-refractivity contribution is 5.76. The number of hydrogen-bond acceptors (Lipinski definition) is 5. The van der Waals surface area contributed by atoms with Gasteiger partial charge in [0, 0.05) is 24.7 Å². The molecule has 1 aliphatic heterocycles. The molecule has 1 saturated heterocycles. The van der Waals surface area contributed by atoms with Crippen molar-refractivity contribution >= 4 is 11.9 Å². The normalized spacial score (nSPS) is 44.2. The molecular weight excluding hydrogens is 284 g/mol. The van der Waals surface area contributed by atoms with Crippen molar-refractivity contribution in [2.75, 3.05) is 0 Å². The summed E-state index contributed by atoms with van der Waals surface area (Å²) in [5.41, 5.74) is 1.49. The first-order valence-electron chi connectivity index (χ1n) is 8.02. The van der Waals surface area contributed by atoms with Gasteiger partial charge in [-0.05, 0) is 30.9 Å². The largest absolute Gasteiger partial charge is 0.462 e. The van der Waals surface area contributed by atoms with Gasteiger partial charge in [0.2, 0.25) is 0 Å². The summed E-state index contributed by atoms with van der Waals surface area (Å²) < 4.78 is 11.1. The fourth-order valence-electron chi connectivity index (χ4n) is 4.56. The van der Waals surface area contributed by atoms with Gasteiger partial charge in [-0.25, -0.2) is 0 Å². The first-order chi connectivity index (χ1) is 10.3. The molecule has 22 heavy (non-hydrogen) atoms. The molecule has 0 aromatic carbocycles. The van der Waals surface area contributed by atoms with Gasteiger partial charge in [0.15, 0.2) is 0 Å². The van der Waals surface area contributed by atoms with Crippen molar-refractivity contribution in [3.05, 3.63) is 11.1 Å². The Morgan fingerprint density at radius 1 is 1.45 bits per heavy atom. The summed E-state index contributed by atoms with van der Waals surface area (Å²) in [5, 5.41) is 10.4. The van der Waals surface area contributed by atoms with Crippen molar-refractivity contribution in [1.29, 1.82) is 0 Å². The van der Waals surface area contributed by atoms with Crippen LogP contribution in [0.4, 0.5) is 0 Å². The van der Waals surface area contributed by atoms with E-state index >= 15 is 0 Å². The summed E-state index contributed by atoms with van der Waals surface area (Å²) in [5.74, 6) is -0.449. The van der Waals surface area contributed by atoms with Crippen molar-refractivity contribution in [1.82, 2.24) is 0 Å². The van der Waals surface area contributed by atoms with Gasteiger partial charge in [0.25, 0.3) is 0 Å². The minimum atomic E-state index is -0.652. The number of ether oxygens (including phenoxy) is 2. The SMILES string of the molecule is CC(=O)OC1CC(O)C(C)=C2C3OC(=O)C(C)C3CCC21C. The molecule has 0 amide bonds. The van der Waals surface area contributed by atoms with E-state index in [0.29, 0.717) is 6.42 Å². The molecular formula is C17H24O5. The number of carbonyl (C=O) groups excluding carboxylic acids is 2. The standard InChI is InChI=1S/C17H24O5/c1-8-11-5-6-17(4)13(21-10(3)18)7-12(19)9(2)14(17)15(11)22-16(8)20/h8,11-13,15,19H,5-7H2,1-4H3. The Morgan fingerprint density at radius 2 is 2.14 bits per heavy atom. The van der Waals surface area contributed by atoms with Crippen LogP contribution in [-0.2, 0) is 19.1 Å². The molecule has 5 nitrogen and oxygen atoms in total. The van der Waals surface area contributed by atoms with Crippen LogP contribution in [0.3, 0.4) is 0 Å². The second kappa shape index (κ2) is 5.08. The number of aliphatic hydroxyl groups excluding tert-OH is 1. The van der Waals surface area contributed by atoms with Crippen molar-refractivity contribution in [3.63, 3.8) is 0 Å². The molecule has 3 rings (SSSR count). The minimum absolute atomic E-state index is 0.110. The highest BCUT2D eigenvalue weighted by Gasteiger charge is 2.57. The van der Waals surface area contributed by atoms with Gasteiger partial charge in [-0.1, -0.05) is 13.8 Å². The van der Waals surface area contributed by atoms with Gasteiger partial charge in [-0.2, -0.15) is 0 Å². The lowest BCUT2D eigenvalue weighted by molar-refractivity contribution is -0.158. The topological polar surface area (TPSA) is 72.8 Å². The van der Waals surface area contributed by atoms with Gasteiger partial charge in [0.1, 0.15) is 12.2 Å². The van der Waals surface area contributed by atoms with Crippen LogP contribution >= 0.6 is 0 Å². The van der Waals surface area contributed by atoms with Gasteiger partial charge in [-0.3, -0.25) is 9.59 Å². The van der Waals surface area contributed by atoms with E-state index in [0.717, 1.165) is 24.0 Å². The quantitative estimate of drug-likeness (QED) is 0.592. The zero-order chi connectivity index (χ0) is 16.2. The molecule has 6 unspecified atom stereocenters. The van der Waals surface area contributed by atoms with E-state index in [4.69, 9.17) is 9.47 Å². The third-order valence-electron chi connectivity index (χ3n) is 5.92. The molecule has 122 valence electrons. The number of carbonyl (C=O) groups is 2. The molecule has 6 atom stereocenters. The number of fused-ring (bicyclic) bond motifs is 3. The molecule has 3 aliphatic rings. The molecule has 0 radical (unpaired) electrons. The molecule has 2 aliphatic carbocycles. The fraction of sp³-hybridized carbons (Fsp3) is 0.765. The summed E-state index contributed by atoms with van der Waals surface area (Å²) in [6.45, 7) is 7.28. The summed E-state index contributed by atoms with van der Waals surface area (Å²) in [6.07, 6.45) is 0.821. The number of esters is 2. The molecule has 2 fully saturated rings. The summed E-state index contributed by atoms with van der Waals surface area (Å²) in [4.78, 5) is 23.4. The number of rotatable bonds is 1. The fourth-order valence-corrected chi connectivity index (χ4v) is 4.56. The molecule has 0 aromatic rings. The van der Waals surface area contributed by atoms with E-state index < -0.39 is 6.10 Å². The van der Waals surface area contributed by atoms with Crippen LogP contribution in [0.1, 0.15) is 47.0 Å². The maximum atomic E-state index is 12.0. The van der Waals surface area contributed by atoms with Crippen LogP contribution in [0.5, 0.6) is 0 Å². The predicted octanol–water partition coefficient (Wildman–Crippen LogP) is 1.98. The van der Waals surface area contributed by atoms with E-state index in [9.17, 15) is 14.7 Å². The van der Waals surface area contributed by atoms with E-state index in [-0.39, 0.29) is 41.4 Å². The Balaban J connectivity index is 2.04. The van der Waals surface area contributed by atoms with Crippen LogP contribution < -0.4 is 0 Å². The Kier molecular flexibility index (Phi) is 3.59. The Bertz CT molecular complexity index is 551. The number of aliphatic hydroxyl groups is 1. The smallest absolute Gasteiger partial charge is 0.309 e. The van der Waals surface area contributed by atoms with Crippen LogP contribution in [0.2, 0.25) is 0 Å². The minimum Gasteiger partial charge on any atom is -0.462 e. The highest BCUT2D eigenvalue weighted by atomic mass is 16.6. The maximum Gasteiger partial charge on any atom is 0.309 e. The molecule has 5 heteroatoms. The maximum absolute atomic E-state index is 12.0. The molecule has 1 N–H and O–H groups in total. The lowest BCUT2D eigenvalue weighted by Gasteiger charge is -2.50. The van der Waals surface area contributed by atoms with E-state index in [1.807, 2.05) is 13.8 Å². The van der Waals surface area contributed by atoms with Crippen molar-refractivity contribution in [3.8, 4) is 0 Å². The monoisotopic (exact) mass is 308 g/mol. The average molecular weight is 308 g/mol. The zero-order valence-corrected chi connectivity index (χ0v) is 13.6. The summed E-state index contributed by atoms with van der Waals surface area (Å²) in [7, 11) is 0. The van der Waals surface area contributed by atoms with E-state index in [2.05, 4.69) is 6.92 Å². The van der Waals surface area contributed by atoms with Crippen molar-refractivity contribution in [2.24, 2.45) is 17.3 Å². The van der Waals surface area contributed by atoms with Gasteiger partial charge < -0.3 is 14.6 Å². The van der Waals surface area contributed by atoms with E-state index in [1.165, 1.54) is 6.92 Å². The molecule has 0 spiro atoms. The Morgan fingerprint density at radius 3 is 2.77 bits per heavy atom. The predicted molar refractivity (Wildman–Crippen MR) is 78.8 cm³/mol. The molecule has 1 heterocycles. The van der Waals surface area contributed by atoms with Crippen LogP contribution in [0, 0.1) is 17.3 Å². The lowest BCUT2D eigenvalue weighted by atomic mass is 9.58. The van der Waals surface area contributed by atoms with Crippen LogP contribution in [0.15, 0.2) is 11.1 Å². The van der Waals surface area contributed by atoms with Gasteiger partial charge >= 0.3 is 11.9 Å². The van der Waals surface area contributed by atoms with Crippen LogP contribution in [-0.4, -0.2) is 35.4 Å². The zero-order valence-electron chi connectivity index (χ0n) is 13.6. The first kappa shape index (κ1) is 15.5. The third kappa shape index (κ3) is 2.09. The summed E-state index contributed by atoms with van der Waals surface area (Å²) in [6, 6.07) is 0. The first-order valence-corrected chi connectivity index (χ1v) is 8.02. The third-order valence-corrected chi connectivity index (χ3v) is 5.92. The lowest BCUT2D eigenvalue weighted by Crippen LogP contribution is -2.51. The second-order valence-corrected chi connectivity index (χ2v) is 7.21. The Hall–Kier alpha value is -1.36. The number of hydrogen-bond donors (Lipinski definition) is 1. The molecule has 0 bridgehead atoms. The summed E-state index contributed by atoms with van der Waals surface area (Å²) >= 11 is 0. The Labute approximate surface area is 130 Å². The van der Waals surface area contributed by atoms with Gasteiger partial charge in [0.05, 0.1) is 12.0 Å². The van der Waals surface area contributed by atoms with Gasteiger partial charge in [-0.15, -0.1) is 0 Å².